The average molecular weight is 241 g/mol. The molecule has 0 amide bonds. The molecule has 0 aromatic carbocycles. The minimum atomic E-state index is -0.0562. The molecular formula is C14H27NO2. The van der Waals surface area contributed by atoms with Crippen LogP contribution >= 0.6 is 0 Å². The van der Waals surface area contributed by atoms with Gasteiger partial charge >= 0.3 is 5.97 Å². The highest BCUT2D eigenvalue weighted by atomic mass is 16.5. The Morgan fingerprint density at radius 3 is 2.53 bits per heavy atom. The van der Waals surface area contributed by atoms with E-state index in [-0.39, 0.29) is 5.97 Å². The summed E-state index contributed by atoms with van der Waals surface area (Å²) < 4.78 is 4.99. The molecule has 17 heavy (non-hydrogen) atoms. The standard InChI is InChI=1S/C14H27NO2/c1-4-17-14(16)9-10-15(11-12(2)3)13-7-5-6-8-13/h12-13H,4-11H2,1-3H3. The molecule has 0 spiro atoms. The van der Waals surface area contributed by atoms with Crippen molar-refractivity contribution in [2.45, 2.75) is 58.9 Å². The summed E-state index contributed by atoms with van der Waals surface area (Å²) in [5.41, 5.74) is 0. The molecule has 0 bridgehead atoms. The third-order valence-corrected chi connectivity index (χ3v) is 3.35. The van der Waals surface area contributed by atoms with Gasteiger partial charge in [-0.1, -0.05) is 26.7 Å². The zero-order valence-electron chi connectivity index (χ0n) is 11.6. The molecule has 0 saturated heterocycles. The Bertz CT molecular complexity index is 222. The maximum atomic E-state index is 11.4. The fourth-order valence-electron chi connectivity index (χ4n) is 2.63. The first-order valence-corrected chi connectivity index (χ1v) is 7.03. The summed E-state index contributed by atoms with van der Waals surface area (Å²) in [4.78, 5) is 13.9. The van der Waals surface area contributed by atoms with Crippen LogP contribution in [-0.4, -0.2) is 36.6 Å². The van der Waals surface area contributed by atoms with Crippen LogP contribution in [0.3, 0.4) is 0 Å². The fourth-order valence-corrected chi connectivity index (χ4v) is 2.63. The first-order chi connectivity index (χ1) is 8.13. The number of esters is 1. The molecule has 1 rings (SSSR count). The lowest BCUT2D eigenvalue weighted by atomic mass is 10.1. The zero-order chi connectivity index (χ0) is 12.7. The second-order valence-electron chi connectivity index (χ2n) is 5.38. The van der Waals surface area contributed by atoms with Crippen LogP contribution in [0.15, 0.2) is 0 Å². The molecule has 0 aliphatic heterocycles. The molecule has 0 unspecified atom stereocenters. The molecule has 0 aromatic rings. The summed E-state index contributed by atoms with van der Waals surface area (Å²) in [7, 11) is 0. The Morgan fingerprint density at radius 1 is 1.35 bits per heavy atom. The number of ether oxygens (including phenoxy) is 1. The van der Waals surface area contributed by atoms with Gasteiger partial charge in [0.15, 0.2) is 0 Å². The number of carbonyl (C=O) groups is 1. The number of nitrogens with zero attached hydrogens (tertiary/aromatic N) is 1. The topological polar surface area (TPSA) is 29.5 Å². The molecule has 0 N–H and O–H groups in total. The lowest BCUT2D eigenvalue weighted by Crippen LogP contribution is -2.37. The molecule has 0 atom stereocenters. The number of rotatable bonds is 7. The Labute approximate surface area is 106 Å². The molecule has 0 aromatic heterocycles. The van der Waals surface area contributed by atoms with Gasteiger partial charge in [-0.2, -0.15) is 0 Å². The molecule has 1 saturated carbocycles. The van der Waals surface area contributed by atoms with Gasteiger partial charge < -0.3 is 4.74 Å². The van der Waals surface area contributed by atoms with Crippen molar-refractivity contribution in [2.24, 2.45) is 5.92 Å². The molecule has 1 aliphatic carbocycles. The van der Waals surface area contributed by atoms with Crippen molar-refractivity contribution in [3.63, 3.8) is 0 Å². The van der Waals surface area contributed by atoms with Gasteiger partial charge in [-0.25, -0.2) is 0 Å². The van der Waals surface area contributed by atoms with Crippen molar-refractivity contribution in [3.8, 4) is 0 Å². The third kappa shape index (κ3) is 5.53. The smallest absolute Gasteiger partial charge is 0.307 e. The van der Waals surface area contributed by atoms with E-state index >= 15 is 0 Å². The fraction of sp³-hybridized carbons (Fsp3) is 0.929. The van der Waals surface area contributed by atoms with Crippen LogP contribution < -0.4 is 0 Å². The molecule has 1 aliphatic rings. The van der Waals surface area contributed by atoms with E-state index in [1.807, 2.05) is 6.92 Å². The van der Waals surface area contributed by atoms with Crippen LogP contribution in [0.25, 0.3) is 0 Å². The highest BCUT2D eigenvalue weighted by molar-refractivity contribution is 5.69. The van der Waals surface area contributed by atoms with E-state index < -0.39 is 0 Å². The Morgan fingerprint density at radius 2 is 2.00 bits per heavy atom. The first-order valence-electron chi connectivity index (χ1n) is 7.03. The van der Waals surface area contributed by atoms with Crippen molar-refractivity contribution in [1.29, 1.82) is 0 Å². The average Bonchev–Trinajstić information content (AvgIpc) is 2.77. The van der Waals surface area contributed by atoms with Crippen molar-refractivity contribution in [2.75, 3.05) is 19.7 Å². The van der Waals surface area contributed by atoms with Crippen molar-refractivity contribution in [1.82, 2.24) is 4.90 Å². The van der Waals surface area contributed by atoms with Gasteiger partial charge in [-0.15, -0.1) is 0 Å². The van der Waals surface area contributed by atoms with Gasteiger partial charge in [0.1, 0.15) is 0 Å². The largest absolute Gasteiger partial charge is 0.466 e. The molecule has 0 heterocycles. The van der Waals surface area contributed by atoms with Gasteiger partial charge in [-0.05, 0) is 25.7 Å². The summed E-state index contributed by atoms with van der Waals surface area (Å²) in [5.74, 6) is 0.608. The highest BCUT2D eigenvalue weighted by Gasteiger charge is 2.23. The monoisotopic (exact) mass is 241 g/mol. The third-order valence-electron chi connectivity index (χ3n) is 3.35. The van der Waals surface area contributed by atoms with E-state index in [1.165, 1.54) is 25.7 Å². The van der Waals surface area contributed by atoms with E-state index in [0.29, 0.717) is 25.0 Å². The summed E-state index contributed by atoms with van der Waals surface area (Å²) >= 11 is 0. The molecule has 3 heteroatoms. The maximum absolute atomic E-state index is 11.4. The van der Waals surface area contributed by atoms with E-state index in [2.05, 4.69) is 18.7 Å². The van der Waals surface area contributed by atoms with Crippen molar-refractivity contribution < 1.29 is 9.53 Å². The normalized spacial score (nSPS) is 17.0. The lowest BCUT2D eigenvalue weighted by molar-refractivity contribution is -0.143. The predicted octanol–water partition coefficient (Wildman–Crippen LogP) is 2.84. The highest BCUT2D eigenvalue weighted by Crippen LogP contribution is 2.24. The van der Waals surface area contributed by atoms with Crippen LogP contribution in [-0.2, 0) is 9.53 Å². The van der Waals surface area contributed by atoms with Crippen molar-refractivity contribution in [3.05, 3.63) is 0 Å². The first kappa shape index (κ1) is 14.5. The zero-order valence-corrected chi connectivity index (χ0v) is 11.6. The van der Waals surface area contributed by atoms with Gasteiger partial charge in [0.25, 0.3) is 0 Å². The quantitative estimate of drug-likeness (QED) is 0.642. The Hall–Kier alpha value is -0.570. The Balaban J connectivity index is 2.37. The van der Waals surface area contributed by atoms with Crippen LogP contribution in [0.2, 0.25) is 0 Å². The van der Waals surface area contributed by atoms with Crippen molar-refractivity contribution >= 4 is 5.97 Å². The SMILES string of the molecule is CCOC(=O)CCN(CC(C)C)C1CCCC1. The molecule has 0 radical (unpaired) electrons. The summed E-state index contributed by atoms with van der Waals surface area (Å²) in [6, 6.07) is 0.701. The predicted molar refractivity (Wildman–Crippen MR) is 69.9 cm³/mol. The maximum Gasteiger partial charge on any atom is 0.307 e. The van der Waals surface area contributed by atoms with Crippen LogP contribution in [0.1, 0.15) is 52.9 Å². The molecular weight excluding hydrogens is 214 g/mol. The summed E-state index contributed by atoms with van der Waals surface area (Å²) in [6.45, 7) is 8.80. The van der Waals surface area contributed by atoms with E-state index in [1.54, 1.807) is 0 Å². The minimum absolute atomic E-state index is 0.0562. The van der Waals surface area contributed by atoms with E-state index in [4.69, 9.17) is 4.74 Å². The molecule has 100 valence electrons. The number of carbonyl (C=O) groups excluding carboxylic acids is 1. The molecule has 1 fully saturated rings. The molecule has 3 nitrogen and oxygen atoms in total. The van der Waals surface area contributed by atoms with Gasteiger partial charge in [0.2, 0.25) is 0 Å². The second-order valence-corrected chi connectivity index (χ2v) is 5.38. The number of hydrogen-bond donors (Lipinski definition) is 0. The van der Waals surface area contributed by atoms with Crippen LogP contribution in [0.5, 0.6) is 0 Å². The second kappa shape index (κ2) is 7.70. The van der Waals surface area contributed by atoms with Gasteiger partial charge in [-0.3, -0.25) is 9.69 Å². The summed E-state index contributed by atoms with van der Waals surface area (Å²) in [6.07, 6.45) is 5.83. The summed E-state index contributed by atoms with van der Waals surface area (Å²) in [5, 5.41) is 0. The van der Waals surface area contributed by atoms with Gasteiger partial charge in [0, 0.05) is 19.1 Å². The Kier molecular flexibility index (Phi) is 6.56. The number of hydrogen-bond acceptors (Lipinski definition) is 3. The van der Waals surface area contributed by atoms with Crippen LogP contribution in [0.4, 0.5) is 0 Å². The van der Waals surface area contributed by atoms with E-state index in [9.17, 15) is 4.79 Å². The van der Waals surface area contributed by atoms with Crippen LogP contribution in [0, 0.1) is 5.92 Å². The minimum Gasteiger partial charge on any atom is -0.466 e. The van der Waals surface area contributed by atoms with E-state index in [0.717, 1.165) is 13.1 Å². The lowest BCUT2D eigenvalue weighted by Gasteiger charge is -2.30. The van der Waals surface area contributed by atoms with Gasteiger partial charge in [0.05, 0.1) is 13.0 Å².